The maximum Gasteiger partial charge on any atom is 0.328 e. The molecule has 0 saturated heterocycles. The number of aliphatic hydroxyl groups excluding tert-OH is 1. The summed E-state index contributed by atoms with van der Waals surface area (Å²) in [6, 6.07) is 6.63. The van der Waals surface area contributed by atoms with Gasteiger partial charge in [0, 0.05) is 11.6 Å². The molecule has 1 aromatic carbocycles. The molecule has 0 radical (unpaired) electrons. The van der Waals surface area contributed by atoms with Gasteiger partial charge in [0.1, 0.15) is 11.9 Å². The third-order valence-corrected chi connectivity index (χ3v) is 2.71. The number of pyridine rings is 1. The maximum atomic E-state index is 10.9. The predicted molar refractivity (Wildman–Crippen MR) is 68.6 cm³/mol. The van der Waals surface area contributed by atoms with Gasteiger partial charge in [-0.15, -0.1) is 0 Å². The average molecular weight is 246 g/mol. The number of carboxylic acids is 1. The number of fused-ring (bicyclic) bond motifs is 1. The summed E-state index contributed by atoms with van der Waals surface area (Å²) in [5, 5.41) is 22.5. The minimum Gasteiger partial charge on any atom is -0.480 e. The first-order valence-corrected chi connectivity index (χ1v) is 5.57. The van der Waals surface area contributed by atoms with Gasteiger partial charge in [0.25, 0.3) is 0 Å². The number of nitrogens with one attached hydrogen (secondary N) is 1. The Morgan fingerprint density at radius 2 is 2.22 bits per heavy atom. The predicted octanol–water partition coefficient (Wildman–Crippen LogP) is 1.40. The zero-order valence-electron chi connectivity index (χ0n) is 9.92. The second-order valence-corrected chi connectivity index (χ2v) is 4.10. The van der Waals surface area contributed by atoms with E-state index in [4.69, 9.17) is 10.2 Å². The number of aromatic nitrogens is 1. The lowest BCUT2D eigenvalue weighted by Gasteiger charge is -2.14. The molecule has 5 heteroatoms. The number of aryl methyl sites for hydroxylation is 1. The molecule has 1 heterocycles. The van der Waals surface area contributed by atoms with Crippen molar-refractivity contribution < 1.29 is 15.0 Å². The van der Waals surface area contributed by atoms with Gasteiger partial charge in [0.15, 0.2) is 0 Å². The first kappa shape index (κ1) is 12.3. The molecular weight excluding hydrogens is 232 g/mol. The van der Waals surface area contributed by atoms with Crippen LogP contribution in [0.5, 0.6) is 0 Å². The van der Waals surface area contributed by atoms with Crippen LogP contribution in [0.25, 0.3) is 10.8 Å². The Balaban J connectivity index is 2.42. The van der Waals surface area contributed by atoms with Gasteiger partial charge in [-0.1, -0.05) is 23.8 Å². The highest BCUT2D eigenvalue weighted by atomic mass is 16.4. The summed E-state index contributed by atoms with van der Waals surface area (Å²) in [6.45, 7) is 1.50. The van der Waals surface area contributed by atoms with Gasteiger partial charge >= 0.3 is 5.97 Å². The molecule has 1 atom stereocenters. The van der Waals surface area contributed by atoms with Crippen LogP contribution in [0.1, 0.15) is 5.56 Å². The van der Waals surface area contributed by atoms with Crippen molar-refractivity contribution in [3.05, 3.63) is 36.0 Å². The van der Waals surface area contributed by atoms with Crippen molar-refractivity contribution >= 4 is 22.6 Å². The zero-order chi connectivity index (χ0) is 13.1. The topological polar surface area (TPSA) is 82.5 Å². The number of aliphatic hydroxyl groups is 1. The van der Waals surface area contributed by atoms with Crippen LogP contribution in [-0.4, -0.2) is 33.8 Å². The largest absolute Gasteiger partial charge is 0.480 e. The monoisotopic (exact) mass is 246 g/mol. The lowest BCUT2D eigenvalue weighted by atomic mass is 10.1. The molecular formula is C13H14N2O3. The standard InChI is InChI=1S/C13H14N2O3/c1-8-2-3-10-9(6-8)4-5-14-12(10)15-11(7-16)13(17)18/h2-6,11,16H,7H2,1H3,(H,14,15)(H,17,18). The van der Waals surface area contributed by atoms with Crippen molar-refractivity contribution in [2.45, 2.75) is 13.0 Å². The molecule has 0 bridgehead atoms. The van der Waals surface area contributed by atoms with Gasteiger partial charge < -0.3 is 15.5 Å². The minimum absolute atomic E-state index is 0.467. The summed E-state index contributed by atoms with van der Waals surface area (Å²) in [4.78, 5) is 15.0. The molecule has 0 fully saturated rings. The summed E-state index contributed by atoms with van der Waals surface area (Å²) < 4.78 is 0. The van der Waals surface area contributed by atoms with Crippen LogP contribution in [0.3, 0.4) is 0 Å². The Bertz CT molecular complexity index is 583. The molecule has 0 aliphatic heterocycles. The molecule has 0 spiro atoms. The molecule has 0 amide bonds. The van der Waals surface area contributed by atoms with Crippen LogP contribution in [0.2, 0.25) is 0 Å². The van der Waals surface area contributed by atoms with Gasteiger partial charge in [-0.05, 0) is 18.4 Å². The number of anilines is 1. The molecule has 94 valence electrons. The Hall–Kier alpha value is -2.14. The van der Waals surface area contributed by atoms with E-state index < -0.39 is 18.6 Å². The van der Waals surface area contributed by atoms with Crippen LogP contribution in [0.4, 0.5) is 5.82 Å². The van der Waals surface area contributed by atoms with Crippen LogP contribution in [-0.2, 0) is 4.79 Å². The van der Waals surface area contributed by atoms with Gasteiger partial charge in [0.05, 0.1) is 6.61 Å². The van der Waals surface area contributed by atoms with Crippen LogP contribution in [0.15, 0.2) is 30.5 Å². The van der Waals surface area contributed by atoms with E-state index >= 15 is 0 Å². The maximum absolute atomic E-state index is 10.9. The van der Waals surface area contributed by atoms with E-state index in [-0.39, 0.29) is 0 Å². The Morgan fingerprint density at radius 1 is 1.44 bits per heavy atom. The molecule has 1 aromatic heterocycles. The SMILES string of the molecule is Cc1ccc2c(NC(CO)C(=O)O)nccc2c1. The molecule has 0 saturated carbocycles. The van der Waals surface area contributed by atoms with Crippen molar-refractivity contribution in [2.75, 3.05) is 11.9 Å². The number of nitrogens with zero attached hydrogens (tertiary/aromatic N) is 1. The molecule has 1 unspecified atom stereocenters. The average Bonchev–Trinajstić information content (AvgIpc) is 2.35. The molecule has 2 aromatic rings. The summed E-state index contributed by atoms with van der Waals surface area (Å²) in [5.41, 5.74) is 1.12. The Morgan fingerprint density at radius 3 is 2.89 bits per heavy atom. The number of rotatable bonds is 4. The second-order valence-electron chi connectivity index (χ2n) is 4.10. The lowest BCUT2D eigenvalue weighted by Crippen LogP contribution is -2.33. The first-order valence-electron chi connectivity index (χ1n) is 5.57. The summed E-state index contributed by atoms with van der Waals surface area (Å²) in [5.74, 6) is -0.641. The molecule has 18 heavy (non-hydrogen) atoms. The van der Waals surface area contributed by atoms with Crippen molar-refractivity contribution in [1.29, 1.82) is 0 Å². The van der Waals surface area contributed by atoms with Gasteiger partial charge in [-0.2, -0.15) is 0 Å². The Kier molecular flexibility index (Phi) is 3.43. The highest BCUT2D eigenvalue weighted by Gasteiger charge is 2.17. The summed E-state index contributed by atoms with van der Waals surface area (Å²) >= 11 is 0. The number of carbonyl (C=O) groups is 1. The van der Waals surface area contributed by atoms with E-state index in [1.807, 2.05) is 31.2 Å². The Labute approximate surface area is 104 Å². The fraction of sp³-hybridized carbons (Fsp3) is 0.231. The van der Waals surface area contributed by atoms with Crippen LogP contribution < -0.4 is 5.32 Å². The molecule has 0 aliphatic rings. The fourth-order valence-corrected chi connectivity index (χ4v) is 1.76. The third-order valence-electron chi connectivity index (χ3n) is 2.71. The van der Waals surface area contributed by atoms with E-state index in [9.17, 15) is 4.79 Å². The lowest BCUT2D eigenvalue weighted by molar-refractivity contribution is -0.138. The van der Waals surface area contributed by atoms with E-state index in [1.54, 1.807) is 6.20 Å². The minimum atomic E-state index is -1.11. The number of aliphatic carboxylic acids is 1. The smallest absolute Gasteiger partial charge is 0.328 e. The molecule has 2 rings (SSSR count). The van der Waals surface area contributed by atoms with E-state index in [0.717, 1.165) is 16.3 Å². The molecule has 3 N–H and O–H groups in total. The van der Waals surface area contributed by atoms with Crippen molar-refractivity contribution in [2.24, 2.45) is 0 Å². The third kappa shape index (κ3) is 2.41. The van der Waals surface area contributed by atoms with Gasteiger partial charge in [-0.3, -0.25) is 0 Å². The highest BCUT2D eigenvalue weighted by molar-refractivity contribution is 5.93. The zero-order valence-corrected chi connectivity index (χ0v) is 9.92. The normalized spacial score (nSPS) is 12.3. The number of benzene rings is 1. The molecule has 5 nitrogen and oxygen atoms in total. The fourth-order valence-electron chi connectivity index (χ4n) is 1.76. The molecule has 0 aliphatic carbocycles. The van der Waals surface area contributed by atoms with Crippen LogP contribution >= 0.6 is 0 Å². The summed E-state index contributed by atoms with van der Waals surface area (Å²) in [6.07, 6.45) is 1.61. The number of hydrogen-bond acceptors (Lipinski definition) is 4. The van der Waals surface area contributed by atoms with Crippen molar-refractivity contribution in [3.8, 4) is 0 Å². The second kappa shape index (κ2) is 5.01. The van der Waals surface area contributed by atoms with Gasteiger partial charge in [0.2, 0.25) is 0 Å². The highest BCUT2D eigenvalue weighted by Crippen LogP contribution is 2.22. The van der Waals surface area contributed by atoms with E-state index in [2.05, 4.69) is 10.3 Å². The first-order chi connectivity index (χ1) is 8.61. The quantitative estimate of drug-likeness (QED) is 0.759. The van der Waals surface area contributed by atoms with E-state index in [1.165, 1.54) is 0 Å². The van der Waals surface area contributed by atoms with E-state index in [0.29, 0.717) is 5.82 Å². The van der Waals surface area contributed by atoms with Crippen LogP contribution in [0, 0.1) is 6.92 Å². The van der Waals surface area contributed by atoms with Gasteiger partial charge in [-0.25, -0.2) is 9.78 Å². The number of hydrogen-bond donors (Lipinski definition) is 3. The van der Waals surface area contributed by atoms with Crippen molar-refractivity contribution in [1.82, 2.24) is 4.98 Å². The number of carboxylic acid groups (broad SMARTS) is 1. The van der Waals surface area contributed by atoms with Crippen molar-refractivity contribution in [3.63, 3.8) is 0 Å². The summed E-state index contributed by atoms with van der Waals surface area (Å²) in [7, 11) is 0.